The fourth-order valence-electron chi connectivity index (χ4n) is 6.40. The highest BCUT2D eigenvalue weighted by atomic mass is 16.6. The van der Waals surface area contributed by atoms with Crippen LogP contribution >= 0.6 is 0 Å². The summed E-state index contributed by atoms with van der Waals surface area (Å²) in [6.45, 7) is 4.67. The minimum atomic E-state index is -1.25. The Hall–Kier alpha value is -3.11. The van der Waals surface area contributed by atoms with Crippen molar-refractivity contribution in [2.24, 2.45) is 0 Å². The Labute approximate surface area is 209 Å². The van der Waals surface area contributed by atoms with E-state index in [9.17, 15) is 19.5 Å². The Morgan fingerprint density at radius 3 is 2.58 bits per heavy atom. The van der Waals surface area contributed by atoms with Gasteiger partial charge in [-0.25, -0.2) is 9.59 Å². The number of rotatable bonds is 6. The third-order valence-corrected chi connectivity index (χ3v) is 8.08. The quantitative estimate of drug-likeness (QED) is 0.452. The molecule has 6 atom stereocenters. The summed E-state index contributed by atoms with van der Waals surface area (Å²) >= 11 is 0. The molecule has 1 fully saturated rings. The number of carbonyl (C=O) groups is 3. The molecule has 4 aliphatic rings. The average Bonchev–Trinajstić information content (AvgIpc) is 3.18. The van der Waals surface area contributed by atoms with Gasteiger partial charge < -0.3 is 33.7 Å². The Balaban J connectivity index is 1.45. The second kappa shape index (κ2) is 8.48. The van der Waals surface area contributed by atoms with Crippen molar-refractivity contribution in [3.63, 3.8) is 0 Å². The fraction of sp³-hybridized carbons (Fsp3) is 0.577. The lowest BCUT2D eigenvalue weighted by Crippen LogP contribution is -2.74. The van der Waals surface area contributed by atoms with E-state index >= 15 is 0 Å². The van der Waals surface area contributed by atoms with Crippen molar-refractivity contribution in [3.8, 4) is 11.5 Å². The number of hydrogen-bond donors (Lipinski definition) is 1. The zero-order valence-corrected chi connectivity index (χ0v) is 21.0. The van der Waals surface area contributed by atoms with E-state index in [1.807, 2.05) is 19.2 Å². The van der Waals surface area contributed by atoms with Gasteiger partial charge in [0.05, 0.1) is 18.1 Å². The van der Waals surface area contributed by atoms with Crippen LogP contribution in [0.4, 0.5) is 0 Å². The molecule has 0 saturated carbocycles. The van der Waals surface area contributed by atoms with E-state index in [0.29, 0.717) is 24.3 Å². The number of piperidine rings is 1. The van der Waals surface area contributed by atoms with Crippen LogP contribution in [0.5, 0.6) is 11.5 Å². The summed E-state index contributed by atoms with van der Waals surface area (Å²) < 4.78 is 27.7. The first-order chi connectivity index (χ1) is 17.0. The van der Waals surface area contributed by atoms with Crippen molar-refractivity contribution < 1.29 is 43.2 Å². The van der Waals surface area contributed by atoms with Gasteiger partial charge in [-0.1, -0.05) is 6.07 Å². The average molecular weight is 502 g/mol. The molecule has 1 aromatic rings. The van der Waals surface area contributed by atoms with Crippen LogP contribution in [-0.4, -0.2) is 78.6 Å². The van der Waals surface area contributed by atoms with Gasteiger partial charge in [0.2, 0.25) is 0 Å². The monoisotopic (exact) mass is 501 g/mol. The maximum Gasteiger partial charge on any atom is 0.352 e. The van der Waals surface area contributed by atoms with Gasteiger partial charge in [-0.2, -0.15) is 0 Å². The third-order valence-electron chi connectivity index (χ3n) is 8.08. The van der Waals surface area contributed by atoms with E-state index in [2.05, 4.69) is 4.90 Å². The van der Waals surface area contributed by atoms with Gasteiger partial charge in [0.25, 0.3) is 0 Å². The second-order valence-corrected chi connectivity index (χ2v) is 10.0. The van der Waals surface area contributed by atoms with Gasteiger partial charge in [-0.05, 0) is 58.0 Å². The summed E-state index contributed by atoms with van der Waals surface area (Å²) in [6.07, 6.45) is 0.105. The van der Waals surface area contributed by atoms with Crippen LogP contribution in [0.2, 0.25) is 0 Å². The summed E-state index contributed by atoms with van der Waals surface area (Å²) in [7, 11) is 3.58. The van der Waals surface area contributed by atoms with Crippen LogP contribution in [-0.2, 0) is 40.4 Å². The molecule has 10 heteroatoms. The first kappa shape index (κ1) is 24.6. The Morgan fingerprint density at radius 1 is 1.17 bits per heavy atom. The highest BCUT2D eigenvalue weighted by Gasteiger charge is 2.72. The number of likely N-dealkylation sites (N-methyl/N-ethyl adjacent to an activating group) is 1. The van der Waals surface area contributed by atoms with Crippen LogP contribution in [0.15, 0.2) is 24.0 Å². The number of nitrogens with zero attached hydrogens (tertiary/aromatic N) is 1. The predicted octanol–water partition coefficient (Wildman–Crippen LogP) is 1.40. The molecule has 0 radical (unpaired) electrons. The van der Waals surface area contributed by atoms with Crippen molar-refractivity contribution >= 4 is 17.9 Å². The first-order valence-corrected chi connectivity index (χ1v) is 12.1. The predicted molar refractivity (Wildman–Crippen MR) is 124 cm³/mol. The minimum absolute atomic E-state index is 0.125. The Bertz CT molecular complexity index is 1160. The van der Waals surface area contributed by atoms with Crippen LogP contribution in [0.25, 0.3) is 0 Å². The highest BCUT2D eigenvalue weighted by Crippen LogP contribution is 2.65. The molecule has 2 aliphatic carbocycles. The number of aliphatic hydroxyl groups is 1. The Kier molecular flexibility index (Phi) is 5.79. The van der Waals surface area contributed by atoms with Crippen molar-refractivity contribution in [2.45, 2.75) is 75.4 Å². The molecule has 2 aliphatic heterocycles. The lowest BCUT2D eigenvalue weighted by atomic mass is 9.50. The van der Waals surface area contributed by atoms with Crippen LogP contribution in [0, 0.1) is 0 Å². The Morgan fingerprint density at radius 2 is 1.89 bits per heavy atom. The smallest absolute Gasteiger partial charge is 0.352 e. The van der Waals surface area contributed by atoms with Gasteiger partial charge in [-0.15, -0.1) is 0 Å². The zero-order valence-electron chi connectivity index (χ0n) is 21.0. The molecular formula is C26H31NO9. The number of ether oxygens (including phenoxy) is 5. The molecule has 2 bridgehead atoms. The minimum Gasteiger partial charge on any atom is -0.493 e. The molecule has 5 rings (SSSR count). The van der Waals surface area contributed by atoms with Gasteiger partial charge in [-0.3, -0.25) is 4.79 Å². The van der Waals surface area contributed by atoms with Gasteiger partial charge in [0.1, 0.15) is 5.76 Å². The molecule has 0 aromatic heterocycles. The molecule has 36 heavy (non-hydrogen) atoms. The number of hydrogen-bond acceptors (Lipinski definition) is 10. The molecule has 2 heterocycles. The summed E-state index contributed by atoms with van der Waals surface area (Å²) in [5.74, 6) is -0.881. The SMILES string of the molecule is COc1ccc2c3c1O[C@H]1C(OC(=O)C(C)OC(=O)[C@H](C)OC(C)=O)=CC[C@@]4(O)[C@@H](C2)N(C)CC[C@]314. The largest absolute Gasteiger partial charge is 0.493 e. The standard InChI is InChI=1S/C26H31NO9/c1-13(33-15(3)28)23(29)34-14(2)24(30)35-18-8-9-26(31)19-12-16-6-7-17(32-5)21-20(16)25(26,22(18)36-21)10-11-27(19)4/h6-8,13-14,19,22,31H,9-12H2,1-5H3/t13-,14?,19+,22-,25-,26+/m0/s1. The van der Waals surface area contributed by atoms with Crippen LogP contribution in [0.1, 0.15) is 44.7 Å². The van der Waals surface area contributed by atoms with E-state index in [1.54, 1.807) is 13.2 Å². The summed E-state index contributed by atoms with van der Waals surface area (Å²) in [5, 5.41) is 12.2. The molecule has 1 unspecified atom stereocenters. The van der Waals surface area contributed by atoms with Crippen molar-refractivity contribution in [1.82, 2.24) is 4.90 Å². The molecule has 1 saturated heterocycles. The number of carbonyl (C=O) groups excluding carboxylic acids is 3. The van der Waals surface area contributed by atoms with E-state index in [4.69, 9.17) is 23.7 Å². The maximum absolute atomic E-state index is 12.9. The lowest BCUT2D eigenvalue weighted by Gasteiger charge is -2.61. The molecule has 10 nitrogen and oxygen atoms in total. The highest BCUT2D eigenvalue weighted by molar-refractivity contribution is 5.83. The van der Waals surface area contributed by atoms with Crippen LogP contribution < -0.4 is 9.47 Å². The molecule has 1 N–H and O–H groups in total. The zero-order chi connectivity index (χ0) is 26.0. The fourth-order valence-corrected chi connectivity index (χ4v) is 6.40. The maximum atomic E-state index is 12.9. The van der Waals surface area contributed by atoms with Crippen molar-refractivity contribution in [1.29, 1.82) is 0 Å². The van der Waals surface area contributed by atoms with Gasteiger partial charge in [0, 0.05) is 24.9 Å². The number of benzene rings is 1. The molecular weight excluding hydrogens is 470 g/mol. The summed E-state index contributed by atoms with van der Waals surface area (Å²) in [4.78, 5) is 38.4. The topological polar surface area (TPSA) is 121 Å². The van der Waals surface area contributed by atoms with E-state index < -0.39 is 47.2 Å². The van der Waals surface area contributed by atoms with Crippen molar-refractivity contribution in [3.05, 3.63) is 35.1 Å². The van der Waals surface area contributed by atoms with E-state index in [0.717, 1.165) is 17.7 Å². The molecule has 1 aromatic carbocycles. The molecule has 1 spiro atoms. The van der Waals surface area contributed by atoms with Gasteiger partial charge >= 0.3 is 17.9 Å². The summed E-state index contributed by atoms with van der Waals surface area (Å²) in [6, 6.07) is 3.76. The second-order valence-electron chi connectivity index (χ2n) is 10.0. The molecule has 194 valence electrons. The lowest BCUT2D eigenvalue weighted by molar-refractivity contribution is -0.179. The van der Waals surface area contributed by atoms with Gasteiger partial charge in [0.15, 0.2) is 29.8 Å². The molecule has 0 amide bonds. The third kappa shape index (κ3) is 3.34. The van der Waals surface area contributed by atoms with Crippen LogP contribution in [0.3, 0.4) is 0 Å². The number of likely N-dealkylation sites (tertiary alicyclic amines) is 1. The van der Waals surface area contributed by atoms with E-state index in [-0.39, 0.29) is 18.2 Å². The van der Waals surface area contributed by atoms with Crippen molar-refractivity contribution in [2.75, 3.05) is 20.7 Å². The number of methoxy groups -OCH3 is 1. The normalized spacial score (nSPS) is 31.2. The number of esters is 3. The first-order valence-electron chi connectivity index (χ1n) is 12.1. The van der Waals surface area contributed by atoms with E-state index in [1.165, 1.54) is 20.8 Å². The summed E-state index contributed by atoms with van der Waals surface area (Å²) in [5.41, 5.74) is 0.0808.